The van der Waals surface area contributed by atoms with Crippen molar-refractivity contribution in [2.75, 3.05) is 13.1 Å². The average Bonchev–Trinajstić information content (AvgIpc) is 3.31. The number of nitrogens with zero attached hydrogens (tertiary/aromatic N) is 2. The highest BCUT2D eigenvalue weighted by Gasteiger charge is 2.36. The summed E-state index contributed by atoms with van der Waals surface area (Å²) in [7, 11) is 0. The van der Waals surface area contributed by atoms with Gasteiger partial charge in [0.25, 0.3) is 5.91 Å². The molecule has 0 spiro atoms. The van der Waals surface area contributed by atoms with Crippen molar-refractivity contribution in [2.24, 2.45) is 17.8 Å². The second kappa shape index (κ2) is 6.30. The molecule has 1 aromatic rings. The first-order valence-corrected chi connectivity index (χ1v) is 8.97. The van der Waals surface area contributed by atoms with Gasteiger partial charge in [-0.15, -0.1) is 0 Å². The van der Waals surface area contributed by atoms with Gasteiger partial charge in [-0.25, -0.2) is 5.48 Å². The number of hydrogen-bond donors (Lipinski definition) is 2. The lowest BCUT2D eigenvalue weighted by molar-refractivity contribution is 0.0705. The fourth-order valence-corrected chi connectivity index (χ4v) is 4.47. The van der Waals surface area contributed by atoms with Crippen molar-refractivity contribution in [3.05, 3.63) is 40.7 Å². The summed E-state index contributed by atoms with van der Waals surface area (Å²) in [5.74, 6) is 1.83. The van der Waals surface area contributed by atoms with Gasteiger partial charge < -0.3 is 0 Å². The summed E-state index contributed by atoms with van der Waals surface area (Å²) in [4.78, 5) is 18.5. The average molecular weight is 327 g/mol. The van der Waals surface area contributed by atoms with E-state index in [1.807, 2.05) is 6.07 Å². The third-order valence-electron chi connectivity index (χ3n) is 5.67. The highest BCUT2D eigenvalue weighted by molar-refractivity contribution is 5.93. The number of rotatable bonds is 3. The lowest BCUT2D eigenvalue weighted by Gasteiger charge is -2.32. The summed E-state index contributed by atoms with van der Waals surface area (Å²) in [5.41, 5.74) is 6.01. The minimum Gasteiger partial charge on any atom is -0.298 e. The predicted octanol–water partition coefficient (Wildman–Crippen LogP) is 2.55. The number of hydrogen-bond acceptors (Lipinski definition) is 4. The maximum atomic E-state index is 11.6. The fourth-order valence-electron chi connectivity index (χ4n) is 4.47. The zero-order chi connectivity index (χ0) is 16.7. The molecule has 1 unspecified atom stereocenters. The van der Waals surface area contributed by atoms with Crippen LogP contribution < -0.4 is 5.48 Å². The van der Waals surface area contributed by atoms with Gasteiger partial charge in [0.2, 0.25) is 0 Å². The number of aromatic nitrogens is 1. The first-order chi connectivity index (χ1) is 11.6. The van der Waals surface area contributed by atoms with E-state index in [9.17, 15) is 4.79 Å². The van der Waals surface area contributed by atoms with E-state index >= 15 is 0 Å². The smallest absolute Gasteiger partial charge is 0.276 e. The Morgan fingerprint density at radius 1 is 1.46 bits per heavy atom. The number of allylic oxidation sites excluding steroid dienone is 2. The van der Waals surface area contributed by atoms with Crippen LogP contribution in [-0.4, -0.2) is 34.1 Å². The van der Waals surface area contributed by atoms with Crippen LogP contribution in [0.25, 0.3) is 0 Å². The third kappa shape index (κ3) is 3.23. The third-order valence-corrected chi connectivity index (χ3v) is 5.67. The van der Waals surface area contributed by atoms with Crippen LogP contribution in [0.4, 0.5) is 0 Å². The second-order valence-corrected chi connectivity index (χ2v) is 7.71. The molecule has 1 aromatic heterocycles. The SMILES string of the molecule is C[C@H]1C=C2CC2C[C@@H](CN2CCc3ncc(C(=O)NO)cc3C2)C1. The first kappa shape index (κ1) is 15.8. The summed E-state index contributed by atoms with van der Waals surface area (Å²) >= 11 is 0. The second-order valence-electron chi connectivity index (χ2n) is 7.71. The Morgan fingerprint density at radius 3 is 3.17 bits per heavy atom. The standard InChI is InChI=1S/C19H25N3O2/c1-12-4-13(6-15-7-14(15)5-12)10-22-3-2-18-17(11-22)8-16(9-20-18)19(23)21-24/h5,8-9,12-13,15,24H,2-4,6-7,10-11H2,1H3,(H,21,23)/t12-,13+,15?/m1/s1. The van der Waals surface area contributed by atoms with Gasteiger partial charge in [0.15, 0.2) is 0 Å². The number of fused-ring (bicyclic) bond motifs is 2. The summed E-state index contributed by atoms with van der Waals surface area (Å²) in [5, 5.41) is 8.80. The van der Waals surface area contributed by atoms with Crippen molar-refractivity contribution in [3.8, 4) is 0 Å². The van der Waals surface area contributed by atoms with Crippen LogP contribution in [-0.2, 0) is 13.0 Å². The number of carbonyl (C=O) groups excluding carboxylic acids is 1. The van der Waals surface area contributed by atoms with E-state index in [1.165, 1.54) is 19.3 Å². The van der Waals surface area contributed by atoms with Crippen LogP contribution in [0, 0.1) is 17.8 Å². The van der Waals surface area contributed by atoms with E-state index in [-0.39, 0.29) is 0 Å². The van der Waals surface area contributed by atoms with Crippen molar-refractivity contribution in [1.82, 2.24) is 15.4 Å². The number of amides is 1. The zero-order valence-corrected chi connectivity index (χ0v) is 14.2. The Hall–Kier alpha value is -1.72. The van der Waals surface area contributed by atoms with Crippen molar-refractivity contribution in [2.45, 2.75) is 39.2 Å². The van der Waals surface area contributed by atoms with E-state index in [0.29, 0.717) is 11.5 Å². The highest BCUT2D eigenvalue weighted by Crippen LogP contribution is 2.47. The molecule has 0 bridgehead atoms. The zero-order valence-electron chi connectivity index (χ0n) is 14.2. The van der Waals surface area contributed by atoms with Crippen LogP contribution >= 0.6 is 0 Å². The Labute approximate surface area is 142 Å². The highest BCUT2D eigenvalue weighted by atomic mass is 16.5. The topological polar surface area (TPSA) is 65.5 Å². The molecule has 3 aliphatic rings. The van der Waals surface area contributed by atoms with E-state index in [1.54, 1.807) is 17.3 Å². The molecule has 5 nitrogen and oxygen atoms in total. The van der Waals surface area contributed by atoms with Gasteiger partial charge in [0.05, 0.1) is 5.56 Å². The lowest BCUT2D eigenvalue weighted by atomic mass is 9.91. The molecule has 2 aliphatic carbocycles. The molecule has 4 rings (SSSR count). The van der Waals surface area contributed by atoms with Crippen LogP contribution in [0.15, 0.2) is 23.9 Å². The molecule has 5 heteroatoms. The summed E-state index contributed by atoms with van der Waals surface area (Å²) in [6.07, 6.45) is 8.94. The molecule has 1 aliphatic heterocycles. The minimum absolute atomic E-state index is 0.424. The summed E-state index contributed by atoms with van der Waals surface area (Å²) < 4.78 is 0. The van der Waals surface area contributed by atoms with Crippen LogP contribution in [0.5, 0.6) is 0 Å². The van der Waals surface area contributed by atoms with Gasteiger partial charge in [-0.2, -0.15) is 0 Å². The van der Waals surface area contributed by atoms with Crippen molar-refractivity contribution in [1.29, 1.82) is 0 Å². The number of nitrogens with one attached hydrogen (secondary N) is 1. The molecule has 128 valence electrons. The Kier molecular flexibility index (Phi) is 4.14. The van der Waals surface area contributed by atoms with E-state index in [4.69, 9.17) is 5.21 Å². The summed E-state index contributed by atoms with van der Waals surface area (Å²) in [6.45, 7) is 5.37. The van der Waals surface area contributed by atoms with Gasteiger partial charge in [-0.1, -0.05) is 18.6 Å². The summed E-state index contributed by atoms with van der Waals surface area (Å²) in [6, 6.07) is 1.87. The van der Waals surface area contributed by atoms with Gasteiger partial charge in [-0.05, 0) is 48.6 Å². The Bertz CT molecular complexity index is 685. The minimum atomic E-state index is -0.493. The Balaban J connectivity index is 1.43. The molecule has 1 amide bonds. The molecule has 0 aromatic carbocycles. The molecule has 1 fully saturated rings. The lowest BCUT2D eigenvalue weighted by Crippen LogP contribution is -2.35. The largest absolute Gasteiger partial charge is 0.298 e. The maximum Gasteiger partial charge on any atom is 0.276 e. The van der Waals surface area contributed by atoms with Gasteiger partial charge in [0, 0.05) is 37.9 Å². The van der Waals surface area contributed by atoms with Crippen molar-refractivity contribution in [3.63, 3.8) is 0 Å². The molecule has 24 heavy (non-hydrogen) atoms. The van der Waals surface area contributed by atoms with E-state index in [2.05, 4.69) is 22.9 Å². The van der Waals surface area contributed by atoms with Gasteiger partial charge in [-0.3, -0.25) is 19.9 Å². The molecule has 3 atom stereocenters. The molecular weight excluding hydrogens is 302 g/mol. The fraction of sp³-hybridized carbons (Fsp3) is 0.579. The molecule has 2 heterocycles. The van der Waals surface area contributed by atoms with Crippen LogP contribution in [0.2, 0.25) is 0 Å². The van der Waals surface area contributed by atoms with E-state index < -0.39 is 5.91 Å². The van der Waals surface area contributed by atoms with E-state index in [0.717, 1.165) is 49.1 Å². The van der Waals surface area contributed by atoms with Crippen molar-refractivity contribution >= 4 is 5.91 Å². The van der Waals surface area contributed by atoms with Crippen molar-refractivity contribution < 1.29 is 10.0 Å². The number of pyridine rings is 1. The Morgan fingerprint density at radius 2 is 2.33 bits per heavy atom. The molecule has 2 N–H and O–H groups in total. The molecule has 1 saturated carbocycles. The van der Waals surface area contributed by atoms with Crippen LogP contribution in [0.3, 0.4) is 0 Å². The predicted molar refractivity (Wildman–Crippen MR) is 90.5 cm³/mol. The quantitative estimate of drug-likeness (QED) is 0.509. The molecule has 0 radical (unpaired) electrons. The monoisotopic (exact) mass is 327 g/mol. The molecular formula is C19H25N3O2. The van der Waals surface area contributed by atoms with Gasteiger partial charge in [0.1, 0.15) is 0 Å². The van der Waals surface area contributed by atoms with Gasteiger partial charge >= 0.3 is 0 Å². The molecule has 0 saturated heterocycles. The number of hydroxylamine groups is 1. The van der Waals surface area contributed by atoms with Crippen LogP contribution in [0.1, 0.15) is 47.8 Å². The number of carbonyl (C=O) groups is 1. The normalized spacial score (nSPS) is 29.1. The maximum absolute atomic E-state index is 11.6. The first-order valence-electron chi connectivity index (χ1n) is 8.97.